The molecule has 0 saturated heterocycles. The summed E-state index contributed by atoms with van der Waals surface area (Å²) in [4.78, 5) is 16.8. The number of cyclic esters (lactones) is 1. The van der Waals surface area contributed by atoms with Crippen molar-refractivity contribution < 1.29 is 19.0 Å². The first-order valence-corrected chi connectivity index (χ1v) is 11.5. The molecule has 0 N–H and O–H groups in total. The standard InChI is InChI=1S/C22H21I2NO4/c1-4-8-28-20-17(24)10-14(12-19(20)27-5-2)11-18-22(26)29-21(25-18)15-6-7-16(23)13(3)9-15/h6-7,9-12H,4-5,8H2,1-3H3/b18-11-. The zero-order chi connectivity index (χ0) is 21.0. The van der Waals surface area contributed by atoms with Crippen LogP contribution in [0.4, 0.5) is 0 Å². The third-order valence-corrected chi connectivity index (χ3v) is 6.12. The van der Waals surface area contributed by atoms with Gasteiger partial charge in [-0.1, -0.05) is 6.92 Å². The van der Waals surface area contributed by atoms with Gasteiger partial charge < -0.3 is 14.2 Å². The van der Waals surface area contributed by atoms with E-state index >= 15 is 0 Å². The zero-order valence-corrected chi connectivity index (χ0v) is 20.7. The summed E-state index contributed by atoms with van der Waals surface area (Å²) in [7, 11) is 0. The molecule has 152 valence electrons. The third kappa shape index (κ3) is 5.30. The van der Waals surface area contributed by atoms with Gasteiger partial charge >= 0.3 is 5.97 Å². The van der Waals surface area contributed by atoms with E-state index in [0.29, 0.717) is 24.9 Å². The van der Waals surface area contributed by atoms with Gasteiger partial charge in [-0.3, -0.25) is 0 Å². The van der Waals surface area contributed by atoms with E-state index in [1.54, 1.807) is 6.08 Å². The van der Waals surface area contributed by atoms with E-state index in [1.165, 1.54) is 0 Å². The smallest absolute Gasteiger partial charge is 0.363 e. The van der Waals surface area contributed by atoms with Gasteiger partial charge in [0.05, 0.1) is 16.8 Å². The molecule has 0 saturated carbocycles. The minimum atomic E-state index is -0.463. The first-order valence-electron chi connectivity index (χ1n) is 9.31. The molecular formula is C22H21I2NO4. The highest BCUT2D eigenvalue weighted by atomic mass is 127. The van der Waals surface area contributed by atoms with E-state index in [4.69, 9.17) is 14.2 Å². The molecule has 1 heterocycles. The van der Waals surface area contributed by atoms with Crippen molar-refractivity contribution in [1.29, 1.82) is 0 Å². The van der Waals surface area contributed by atoms with Crippen LogP contribution >= 0.6 is 45.2 Å². The zero-order valence-electron chi connectivity index (χ0n) is 16.4. The van der Waals surface area contributed by atoms with E-state index in [-0.39, 0.29) is 5.70 Å². The second-order valence-corrected chi connectivity index (χ2v) is 8.74. The van der Waals surface area contributed by atoms with Gasteiger partial charge in [0.1, 0.15) is 0 Å². The van der Waals surface area contributed by atoms with E-state index in [1.807, 2.05) is 44.2 Å². The van der Waals surface area contributed by atoms with Gasteiger partial charge in [0.15, 0.2) is 17.2 Å². The Morgan fingerprint density at radius 1 is 1.10 bits per heavy atom. The first-order chi connectivity index (χ1) is 13.9. The lowest BCUT2D eigenvalue weighted by molar-refractivity contribution is -0.129. The van der Waals surface area contributed by atoms with Gasteiger partial charge in [0.2, 0.25) is 5.90 Å². The number of rotatable bonds is 7. The van der Waals surface area contributed by atoms with Crippen LogP contribution in [0, 0.1) is 14.1 Å². The molecule has 0 amide bonds. The lowest BCUT2D eigenvalue weighted by Gasteiger charge is -2.14. The van der Waals surface area contributed by atoms with Gasteiger partial charge in [0.25, 0.3) is 0 Å². The van der Waals surface area contributed by atoms with Crippen molar-refractivity contribution >= 4 is 63.1 Å². The molecule has 7 heteroatoms. The van der Waals surface area contributed by atoms with Gasteiger partial charge in [-0.2, -0.15) is 0 Å². The maximum Gasteiger partial charge on any atom is 0.363 e. The maximum atomic E-state index is 12.4. The Morgan fingerprint density at radius 2 is 1.90 bits per heavy atom. The van der Waals surface area contributed by atoms with Crippen LogP contribution in [0.3, 0.4) is 0 Å². The molecule has 1 aliphatic heterocycles. The van der Waals surface area contributed by atoms with Crippen molar-refractivity contribution in [3.05, 3.63) is 59.9 Å². The number of aryl methyl sites for hydroxylation is 1. The molecular weight excluding hydrogens is 596 g/mol. The van der Waals surface area contributed by atoms with Gasteiger partial charge in [-0.25, -0.2) is 9.79 Å². The van der Waals surface area contributed by atoms with E-state index in [9.17, 15) is 4.79 Å². The summed E-state index contributed by atoms with van der Waals surface area (Å²) < 4.78 is 19.0. The van der Waals surface area contributed by atoms with Crippen LogP contribution < -0.4 is 9.47 Å². The average Bonchev–Trinajstić information content (AvgIpc) is 3.04. The topological polar surface area (TPSA) is 57.1 Å². The second-order valence-electron chi connectivity index (χ2n) is 6.41. The number of benzene rings is 2. The summed E-state index contributed by atoms with van der Waals surface area (Å²) >= 11 is 4.48. The molecule has 0 aliphatic carbocycles. The molecule has 0 unspecified atom stereocenters. The highest BCUT2D eigenvalue weighted by Gasteiger charge is 2.25. The molecule has 0 spiro atoms. The van der Waals surface area contributed by atoms with Crippen molar-refractivity contribution in [3.8, 4) is 11.5 Å². The number of halogens is 2. The predicted molar refractivity (Wildman–Crippen MR) is 131 cm³/mol. The summed E-state index contributed by atoms with van der Waals surface area (Å²) in [6, 6.07) is 9.65. The van der Waals surface area contributed by atoms with E-state index in [0.717, 1.165) is 36.0 Å². The van der Waals surface area contributed by atoms with Crippen molar-refractivity contribution in [2.45, 2.75) is 27.2 Å². The number of aliphatic imine (C=N–C) groups is 1. The highest BCUT2D eigenvalue weighted by molar-refractivity contribution is 14.1. The van der Waals surface area contributed by atoms with Crippen LogP contribution in [0.25, 0.3) is 6.08 Å². The number of carbonyl (C=O) groups is 1. The number of carbonyl (C=O) groups excluding carboxylic acids is 1. The minimum Gasteiger partial charge on any atom is -0.490 e. The maximum absolute atomic E-state index is 12.4. The third-order valence-electron chi connectivity index (χ3n) is 4.11. The van der Waals surface area contributed by atoms with Crippen molar-refractivity contribution in [1.82, 2.24) is 0 Å². The largest absolute Gasteiger partial charge is 0.490 e. The lowest BCUT2D eigenvalue weighted by atomic mass is 10.1. The summed E-state index contributed by atoms with van der Waals surface area (Å²) in [5, 5.41) is 0. The minimum absolute atomic E-state index is 0.261. The van der Waals surface area contributed by atoms with Crippen LogP contribution in [0.2, 0.25) is 0 Å². The normalized spacial score (nSPS) is 14.7. The lowest BCUT2D eigenvalue weighted by Crippen LogP contribution is -2.06. The molecule has 0 fully saturated rings. The van der Waals surface area contributed by atoms with Crippen LogP contribution in [-0.4, -0.2) is 25.1 Å². The SMILES string of the molecule is CCCOc1c(I)cc(/C=C2\N=C(c3ccc(I)c(C)c3)OC2=O)cc1OCC. The fraction of sp³-hybridized carbons (Fsp3) is 0.273. The fourth-order valence-electron chi connectivity index (χ4n) is 2.75. The summed E-state index contributed by atoms with van der Waals surface area (Å²) in [5.41, 5.74) is 2.96. The second kappa shape index (κ2) is 9.92. The highest BCUT2D eigenvalue weighted by Crippen LogP contribution is 2.35. The number of esters is 1. The Morgan fingerprint density at radius 3 is 2.59 bits per heavy atom. The van der Waals surface area contributed by atoms with Crippen molar-refractivity contribution in [2.75, 3.05) is 13.2 Å². The van der Waals surface area contributed by atoms with Crippen LogP contribution in [0.5, 0.6) is 11.5 Å². The number of ether oxygens (including phenoxy) is 3. The molecule has 29 heavy (non-hydrogen) atoms. The Hall–Kier alpha value is -1.62. The Kier molecular flexibility index (Phi) is 7.55. The Labute approximate surface area is 197 Å². The van der Waals surface area contributed by atoms with Crippen LogP contribution in [0.15, 0.2) is 41.0 Å². The Bertz CT molecular complexity index is 999. The molecule has 2 aromatic carbocycles. The molecule has 2 aromatic rings. The fourth-order valence-corrected chi connectivity index (χ4v) is 3.86. The molecule has 3 rings (SSSR count). The summed E-state index contributed by atoms with van der Waals surface area (Å²) in [5.74, 6) is 1.24. The van der Waals surface area contributed by atoms with Gasteiger partial charge in [0, 0.05) is 9.13 Å². The first kappa shape index (κ1) is 22.1. The number of nitrogens with zero attached hydrogens (tertiary/aromatic N) is 1. The number of hydrogen-bond donors (Lipinski definition) is 0. The van der Waals surface area contributed by atoms with Crippen molar-refractivity contribution in [3.63, 3.8) is 0 Å². The average molecular weight is 617 g/mol. The molecule has 0 atom stereocenters. The van der Waals surface area contributed by atoms with Gasteiger partial charge in [-0.15, -0.1) is 0 Å². The predicted octanol–water partition coefficient (Wildman–Crippen LogP) is 5.74. The summed E-state index contributed by atoms with van der Waals surface area (Å²) in [6.07, 6.45) is 2.62. The summed E-state index contributed by atoms with van der Waals surface area (Å²) in [6.45, 7) is 7.14. The van der Waals surface area contributed by atoms with Crippen LogP contribution in [-0.2, 0) is 9.53 Å². The number of hydrogen-bond acceptors (Lipinski definition) is 5. The Balaban J connectivity index is 1.95. The molecule has 5 nitrogen and oxygen atoms in total. The van der Waals surface area contributed by atoms with Crippen molar-refractivity contribution in [2.24, 2.45) is 4.99 Å². The van der Waals surface area contributed by atoms with Gasteiger partial charge in [-0.05, 0) is 113 Å². The van der Waals surface area contributed by atoms with E-state index in [2.05, 4.69) is 57.1 Å². The molecule has 0 bridgehead atoms. The van der Waals surface area contributed by atoms with E-state index < -0.39 is 5.97 Å². The molecule has 0 radical (unpaired) electrons. The monoisotopic (exact) mass is 617 g/mol. The quantitative estimate of drug-likeness (QED) is 0.226. The molecule has 1 aliphatic rings. The van der Waals surface area contributed by atoms with Crippen LogP contribution in [0.1, 0.15) is 37.0 Å². The molecule has 0 aromatic heterocycles.